The van der Waals surface area contributed by atoms with E-state index in [1.54, 1.807) is 7.11 Å². The molecule has 1 fully saturated rings. The van der Waals surface area contributed by atoms with Gasteiger partial charge in [-0.15, -0.1) is 0 Å². The molecular formula is C14H30N2O3. The second kappa shape index (κ2) is 9.66. The highest BCUT2D eigenvalue weighted by Crippen LogP contribution is 2.30. The fraction of sp³-hybridized carbons (Fsp3) is 1.00. The molecule has 1 aliphatic heterocycles. The number of nitrogens with zero attached hydrogens (tertiary/aromatic N) is 1. The van der Waals surface area contributed by atoms with E-state index in [0.29, 0.717) is 6.61 Å². The standard InChI is InChI=1S/C14H30N2O3/c1-3-15-12-14(4-9-19-10-5-14)13-16(6-8-17)7-11-18-2/h15,17H,3-13H2,1-2H3. The van der Waals surface area contributed by atoms with Crippen LogP contribution in [-0.2, 0) is 9.47 Å². The smallest absolute Gasteiger partial charge is 0.0589 e. The lowest BCUT2D eigenvalue weighted by atomic mass is 9.79. The average Bonchev–Trinajstić information content (AvgIpc) is 2.44. The summed E-state index contributed by atoms with van der Waals surface area (Å²) in [4.78, 5) is 2.31. The first-order chi connectivity index (χ1) is 9.26. The highest BCUT2D eigenvalue weighted by atomic mass is 16.5. The molecule has 0 amide bonds. The number of ether oxygens (including phenoxy) is 2. The van der Waals surface area contributed by atoms with Crippen molar-refractivity contribution in [2.45, 2.75) is 19.8 Å². The minimum Gasteiger partial charge on any atom is -0.395 e. The van der Waals surface area contributed by atoms with Crippen molar-refractivity contribution in [2.24, 2.45) is 5.41 Å². The van der Waals surface area contributed by atoms with Crippen LogP contribution in [-0.4, -0.2) is 76.3 Å². The number of hydrogen-bond acceptors (Lipinski definition) is 5. The van der Waals surface area contributed by atoms with Crippen molar-refractivity contribution < 1.29 is 14.6 Å². The molecule has 0 radical (unpaired) electrons. The molecule has 2 N–H and O–H groups in total. The first-order valence-corrected chi connectivity index (χ1v) is 7.37. The van der Waals surface area contributed by atoms with Crippen molar-refractivity contribution in [3.63, 3.8) is 0 Å². The topological polar surface area (TPSA) is 54.0 Å². The van der Waals surface area contributed by atoms with Crippen molar-refractivity contribution in [2.75, 3.05) is 66.3 Å². The molecule has 1 heterocycles. The molecule has 0 saturated carbocycles. The van der Waals surface area contributed by atoms with Gasteiger partial charge in [0.2, 0.25) is 0 Å². The summed E-state index contributed by atoms with van der Waals surface area (Å²) in [5.74, 6) is 0. The minimum absolute atomic E-state index is 0.206. The van der Waals surface area contributed by atoms with E-state index in [1.165, 1.54) is 0 Å². The number of nitrogens with one attached hydrogen (secondary N) is 1. The summed E-state index contributed by atoms with van der Waals surface area (Å²) in [6.07, 6.45) is 2.18. The first kappa shape index (κ1) is 16.9. The molecule has 0 aromatic heterocycles. The molecule has 5 heteroatoms. The Balaban J connectivity index is 2.55. The minimum atomic E-state index is 0.206. The monoisotopic (exact) mass is 274 g/mol. The van der Waals surface area contributed by atoms with Gasteiger partial charge in [-0.3, -0.25) is 4.90 Å². The Morgan fingerprint density at radius 3 is 2.63 bits per heavy atom. The summed E-state index contributed by atoms with van der Waals surface area (Å²) in [6, 6.07) is 0. The van der Waals surface area contributed by atoms with Crippen molar-refractivity contribution in [1.29, 1.82) is 0 Å². The van der Waals surface area contributed by atoms with Crippen LogP contribution in [0.15, 0.2) is 0 Å². The van der Waals surface area contributed by atoms with Gasteiger partial charge in [-0.05, 0) is 24.8 Å². The summed E-state index contributed by atoms with van der Waals surface area (Å²) in [6.45, 7) is 9.40. The van der Waals surface area contributed by atoms with E-state index in [4.69, 9.17) is 9.47 Å². The fourth-order valence-corrected chi connectivity index (χ4v) is 2.69. The average molecular weight is 274 g/mol. The van der Waals surface area contributed by atoms with Gasteiger partial charge in [-0.1, -0.05) is 6.92 Å². The molecule has 1 rings (SSSR count). The number of rotatable bonds is 10. The second-order valence-corrected chi connectivity index (χ2v) is 5.39. The molecule has 114 valence electrons. The number of aliphatic hydroxyl groups is 1. The highest BCUT2D eigenvalue weighted by Gasteiger charge is 2.33. The zero-order chi connectivity index (χ0) is 14.0. The Bertz CT molecular complexity index is 221. The van der Waals surface area contributed by atoms with E-state index >= 15 is 0 Å². The Morgan fingerprint density at radius 1 is 1.32 bits per heavy atom. The van der Waals surface area contributed by atoms with Gasteiger partial charge in [0.05, 0.1) is 13.2 Å². The third-order valence-electron chi connectivity index (χ3n) is 3.89. The fourth-order valence-electron chi connectivity index (χ4n) is 2.69. The van der Waals surface area contributed by atoms with Crippen LogP contribution in [0.5, 0.6) is 0 Å². The van der Waals surface area contributed by atoms with Crippen molar-refractivity contribution in [1.82, 2.24) is 10.2 Å². The lowest BCUT2D eigenvalue weighted by Gasteiger charge is -2.41. The molecule has 0 aromatic carbocycles. The molecule has 0 atom stereocenters. The van der Waals surface area contributed by atoms with Gasteiger partial charge in [0.25, 0.3) is 0 Å². The third kappa shape index (κ3) is 6.19. The lowest BCUT2D eigenvalue weighted by molar-refractivity contribution is -0.00973. The predicted molar refractivity (Wildman–Crippen MR) is 76.4 cm³/mol. The van der Waals surface area contributed by atoms with Crippen molar-refractivity contribution >= 4 is 0 Å². The van der Waals surface area contributed by atoms with E-state index in [9.17, 15) is 5.11 Å². The van der Waals surface area contributed by atoms with Gasteiger partial charge >= 0.3 is 0 Å². The summed E-state index contributed by atoms with van der Waals surface area (Å²) in [5.41, 5.74) is 0.275. The van der Waals surface area contributed by atoms with Gasteiger partial charge in [0, 0.05) is 46.5 Å². The molecule has 0 unspecified atom stereocenters. The second-order valence-electron chi connectivity index (χ2n) is 5.39. The molecule has 1 aliphatic rings. The largest absolute Gasteiger partial charge is 0.395 e. The van der Waals surface area contributed by atoms with Crippen LogP contribution in [0.4, 0.5) is 0 Å². The molecule has 5 nitrogen and oxygen atoms in total. The maximum absolute atomic E-state index is 9.20. The molecule has 0 bridgehead atoms. The SMILES string of the molecule is CCNCC1(CN(CCO)CCOC)CCOCC1. The third-order valence-corrected chi connectivity index (χ3v) is 3.89. The maximum atomic E-state index is 9.20. The van der Waals surface area contributed by atoms with E-state index in [1.807, 2.05) is 0 Å². The zero-order valence-corrected chi connectivity index (χ0v) is 12.5. The van der Waals surface area contributed by atoms with Crippen molar-refractivity contribution in [3.8, 4) is 0 Å². The summed E-state index contributed by atoms with van der Waals surface area (Å²) >= 11 is 0. The Morgan fingerprint density at radius 2 is 2.05 bits per heavy atom. The quantitative estimate of drug-likeness (QED) is 0.601. The Kier molecular flexibility index (Phi) is 8.57. The normalized spacial score (nSPS) is 18.9. The van der Waals surface area contributed by atoms with Crippen LogP contribution in [0.1, 0.15) is 19.8 Å². The molecule has 0 aromatic rings. The molecule has 1 saturated heterocycles. The molecule has 0 aliphatic carbocycles. The summed E-state index contributed by atoms with van der Waals surface area (Å²) in [7, 11) is 1.72. The van der Waals surface area contributed by atoms with Crippen LogP contribution < -0.4 is 5.32 Å². The lowest BCUT2D eigenvalue weighted by Crippen LogP contribution is -2.48. The number of aliphatic hydroxyl groups excluding tert-OH is 1. The van der Waals surface area contributed by atoms with Crippen LogP contribution in [0, 0.1) is 5.41 Å². The van der Waals surface area contributed by atoms with Gasteiger partial charge < -0.3 is 19.9 Å². The van der Waals surface area contributed by atoms with Gasteiger partial charge in [0.15, 0.2) is 0 Å². The van der Waals surface area contributed by atoms with E-state index < -0.39 is 0 Å². The molecule has 0 spiro atoms. The van der Waals surface area contributed by atoms with Crippen LogP contribution in [0.2, 0.25) is 0 Å². The van der Waals surface area contributed by atoms with Crippen LogP contribution >= 0.6 is 0 Å². The van der Waals surface area contributed by atoms with E-state index in [-0.39, 0.29) is 12.0 Å². The predicted octanol–water partition coefficient (Wildman–Crippen LogP) is 0.333. The van der Waals surface area contributed by atoms with E-state index in [2.05, 4.69) is 17.1 Å². The van der Waals surface area contributed by atoms with Crippen LogP contribution in [0.25, 0.3) is 0 Å². The van der Waals surface area contributed by atoms with Crippen LogP contribution in [0.3, 0.4) is 0 Å². The Hall–Kier alpha value is -0.200. The molecule has 19 heavy (non-hydrogen) atoms. The van der Waals surface area contributed by atoms with E-state index in [0.717, 1.165) is 58.8 Å². The highest BCUT2D eigenvalue weighted by molar-refractivity contribution is 4.87. The maximum Gasteiger partial charge on any atom is 0.0589 e. The number of methoxy groups -OCH3 is 1. The van der Waals surface area contributed by atoms with Crippen molar-refractivity contribution in [3.05, 3.63) is 0 Å². The number of hydrogen-bond donors (Lipinski definition) is 2. The summed E-state index contributed by atoms with van der Waals surface area (Å²) in [5, 5.41) is 12.7. The first-order valence-electron chi connectivity index (χ1n) is 7.37. The van der Waals surface area contributed by atoms with Gasteiger partial charge in [-0.25, -0.2) is 0 Å². The molecular weight excluding hydrogens is 244 g/mol. The zero-order valence-electron chi connectivity index (χ0n) is 12.5. The summed E-state index contributed by atoms with van der Waals surface area (Å²) < 4.78 is 10.7. The van der Waals surface area contributed by atoms with Gasteiger partial charge in [-0.2, -0.15) is 0 Å². The van der Waals surface area contributed by atoms with Gasteiger partial charge in [0.1, 0.15) is 0 Å². The Labute approximate surface area is 117 Å².